The Hall–Kier alpha value is -3.40. The van der Waals surface area contributed by atoms with Crippen LogP contribution in [0.4, 0.5) is 11.6 Å². The average molecular weight is 488 g/mol. The van der Waals surface area contributed by atoms with E-state index in [2.05, 4.69) is 47.2 Å². The molecule has 1 N–H and O–H groups in total. The average Bonchev–Trinajstić information content (AvgIpc) is 3.44. The standard InChI is InChI=1S/C26H29N7OS/c1-3-22(30-26-29-10-7-24(31-26)25-28-11-18-35-25)19-23(4-1)34-17-2-12-32-13-15-33(16-14-32)20-21-5-8-27-9-6-21/h1,3-11,18-19H,2,12-17,20H2,(H,29,30,31). The first kappa shape index (κ1) is 23.3. The smallest absolute Gasteiger partial charge is 0.227 e. The normalized spacial score (nSPS) is 14.6. The molecule has 5 rings (SSSR count). The van der Waals surface area contributed by atoms with Gasteiger partial charge >= 0.3 is 0 Å². The molecule has 35 heavy (non-hydrogen) atoms. The Bertz CT molecular complexity index is 1180. The highest BCUT2D eigenvalue weighted by Gasteiger charge is 2.16. The van der Waals surface area contributed by atoms with E-state index in [-0.39, 0.29) is 0 Å². The van der Waals surface area contributed by atoms with Crippen LogP contribution in [0.5, 0.6) is 5.75 Å². The number of thiazole rings is 1. The van der Waals surface area contributed by atoms with E-state index < -0.39 is 0 Å². The maximum atomic E-state index is 6.03. The third kappa shape index (κ3) is 6.82. The summed E-state index contributed by atoms with van der Waals surface area (Å²) < 4.78 is 6.03. The lowest BCUT2D eigenvalue weighted by atomic mass is 10.2. The van der Waals surface area contributed by atoms with Gasteiger partial charge in [0.1, 0.15) is 16.5 Å². The van der Waals surface area contributed by atoms with Gasteiger partial charge in [0.25, 0.3) is 0 Å². The van der Waals surface area contributed by atoms with Gasteiger partial charge in [-0.1, -0.05) is 6.07 Å². The fraction of sp³-hybridized carbons (Fsp3) is 0.308. The van der Waals surface area contributed by atoms with Gasteiger partial charge in [-0.05, 0) is 42.3 Å². The Morgan fingerprint density at radius 2 is 1.77 bits per heavy atom. The third-order valence-corrected chi connectivity index (χ3v) is 6.70. The van der Waals surface area contributed by atoms with E-state index in [1.54, 1.807) is 23.7 Å². The fourth-order valence-electron chi connectivity index (χ4n) is 4.08. The molecule has 8 nitrogen and oxygen atoms in total. The molecule has 3 aromatic heterocycles. The summed E-state index contributed by atoms with van der Waals surface area (Å²) in [5.41, 5.74) is 3.03. The van der Waals surface area contributed by atoms with Gasteiger partial charge in [-0.15, -0.1) is 11.3 Å². The first-order chi connectivity index (χ1) is 17.3. The number of anilines is 2. The first-order valence-corrected chi connectivity index (χ1v) is 12.8. The van der Waals surface area contributed by atoms with Crippen LogP contribution in [0.2, 0.25) is 0 Å². The minimum absolute atomic E-state index is 0.540. The van der Waals surface area contributed by atoms with Gasteiger partial charge in [0, 0.05) is 81.2 Å². The van der Waals surface area contributed by atoms with Crippen LogP contribution in [0.3, 0.4) is 0 Å². The maximum Gasteiger partial charge on any atom is 0.227 e. The van der Waals surface area contributed by atoms with Crippen molar-refractivity contribution in [1.29, 1.82) is 0 Å². The number of nitrogens with one attached hydrogen (secondary N) is 1. The molecule has 1 aromatic carbocycles. The Balaban J connectivity index is 1.04. The summed E-state index contributed by atoms with van der Waals surface area (Å²) in [4.78, 5) is 22.4. The number of aromatic nitrogens is 4. The number of ether oxygens (including phenoxy) is 1. The van der Waals surface area contributed by atoms with Crippen molar-refractivity contribution < 1.29 is 4.74 Å². The van der Waals surface area contributed by atoms with Gasteiger partial charge in [0.2, 0.25) is 5.95 Å². The van der Waals surface area contributed by atoms with Crippen LogP contribution in [0, 0.1) is 0 Å². The molecule has 0 bridgehead atoms. The molecule has 0 aliphatic carbocycles. The Morgan fingerprint density at radius 1 is 0.914 bits per heavy atom. The molecule has 1 aliphatic heterocycles. The van der Waals surface area contributed by atoms with E-state index in [0.717, 1.165) is 67.8 Å². The predicted octanol–water partition coefficient (Wildman–Crippen LogP) is 4.33. The van der Waals surface area contributed by atoms with Crippen molar-refractivity contribution in [2.45, 2.75) is 13.0 Å². The number of hydrogen-bond acceptors (Lipinski definition) is 9. The van der Waals surface area contributed by atoms with E-state index in [9.17, 15) is 0 Å². The van der Waals surface area contributed by atoms with Crippen LogP contribution < -0.4 is 10.1 Å². The molecule has 0 unspecified atom stereocenters. The molecule has 0 atom stereocenters. The molecule has 9 heteroatoms. The highest BCUT2D eigenvalue weighted by atomic mass is 32.1. The van der Waals surface area contributed by atoms with E-state index in [0.29, 0.717) is 12.6 Å². The lowest BCUT2D eigenvalue weighted by Gasteiger charge is -2.34. The van der Waals surface area contributed by atoms with E-state index in [1.807, 2.05) is 48.1 Å². The minimum Gasteiger partial charge on any atom is -0.493 e. The van der Waals surface area contributed by atoms with Crippen molar-refractivity contribution in [1.82, 2.24) is 29.7 Å². The van der Waals surface area contributed by atoms with Crippen LogP contribution in [-0.2, 0) is 6.54 Å². The summed E-state index contributed by atoms with van der Waals surface area (Å²) >= 11 is 1.56. The van der Waals surface area contributed by atoms with Crippen molar-refractivity contribution in [3.05, 3.63) is 78.2 Å². The van der Waals surface area contributed by atoms with Crippen LogP contribution in [-0.4, -0.2) is 69.1 Å². The molecular formula is C26H29N7OS. The van der Waals surface area contributed by atoms with Crippen molar-refractivity contribution in [2.75, 3.05) is 44.6 Å². The second-order valence-corrected chi connectivity index (χ2v) is 9.33. The van der Waals surface area contributed by atoms with Crippen LogP contribution in [0.25, 0.3) is 10.7 Å². The molecule has 0 saturated carbocycles. The van der Waals surface area contributed by atoms with Gasteiger partial charge in [-0.3, -0.25) is 9.88 Å². The highest BCUT2D eigenvalue weighted by molar-refractivity contribution is 7.13. The van der Waals surface area contributed by atoms with Gasteiger partial charge < -0.3 is 15.0 Å². The molecule has 0 spiro atoms. The monoisotopic (exact) mass is 487 g/mol. The van der Waals surface area contributed by atoms with Crippen molar-refractivity contribution in [3.8, 4) is 16.5 Å². The molecule has 4 heterocycles. The SMILES string of the molecule is c1cc(Nc2nccc(-c3nccs3)n2)cc(OCCCN2CCN(Cc3ccncc3)CC2)c1. The molecule has 0 radical (unpaired) electrons. The highest BCUT2D eigenvalue weighted by Crippen LogP contribution is 2.23. The zero-order chi connectivity index (χ0) is 23.7. The van der Waals surface area contributed by atoms with E-state index >= 15 is 0 Å². The molecule has 180 valence electrons. The molecule has 0 amide bonds. The molecule has 4 aromatic rings. The van der Waals surface area contributed by atoms with Gasteiger partial charge in [0.05, 0.1) is 6.61 Å². The molecule has 1 fully saturated rings. The number of nitrogens with zero attached hydrogens (tertiary/aromatic N) is 6. The fourth-order valence-corrected chi connectivity index (χ4v) is 4.68. The number of hydrogen-bond donors (Lipinski definition) is 1. The minimum atomic E-state index is 0.540. The topological polar surface area (TPSA) is 79.3 Å². The predicted molar refractivity (Wildman–Crippen MR) is 139 cm³/mol. The second kappa shape index (κ2) is 11.8. The third-order valence-electron chi connectivity index (χ3n) is 5.91. The summed E-state index contributed by atoms with van der Waals surface area (Å²) in [5.74, 6) is 1.38. The second-order valence-electron chi connectivity index (χ2n) is 8.43. The van der Waals surface area contributed by atoms with Crippen molar-refractivity contribution in [2.24, 2.45) is 0 Å². The lowest BCUT2D eigenvalue weighted by molar-refractivity contribution is 0.121. The number of benzene rings is 1. The summed E-state index contributed by atoms with van der Waals surface area (Å²) in [5, 5.41) is 6.09. The van der Waals surface area contributed by atoms with Crippen LogP contribution in [0.15, 0.2) is 72.6 Å². The number of piperazine rings is 1. The van der Waals surface area contributed by atoms with Gasteiger partial charge in [-0.25, -0.2) is 15.0 Å². The Labute approximate surface area is 209 Å². The van der Waals surface area contributed by atoms with E-state index in [1.165, 1.54) is 5.56 Å². The lowest BCUT2D eigenvalue weighted by Crippen LogP contribution is -2.46. The van der Waals surface area contributed by atoms with Crippen LogP contribution >= 0.6 is 11.3 Å². The number of rotatable bonds is 10. The summed E-state index contributed by atoms with van der Waals surface area (Å²) in [6, 6.07) is 14.0. The largest absolute Gasteiger partial charge is 0.493 e. The summed E-state index contributed by atoms with van der Waals surface area (Å²) in [6.07, 6.45) is 8.26. The maximum absolute atomic E-state index is 6.03. The number of pyridine rings is 1. The molecule has 1 saturated heterocycles. The van der Waals surface area contributed by atoms with Crippen molar-refractivity contribution >= 4 is 23.0 Å². The Morgan fingerprint density at radius 3 is 2.60 bits per heavy atom. The molecular weight excluding hydrogens is 458 g/mol. The molecule has 1 aliphatic rings. The quantitative estimate of drug-likeness (QED) is 0.331. The van der Waals surface area contributed by atoms with Crippen LogP contribution in [0.1, 0.15) is 12.0 Å². The summed E-state index contributed by atoms with van der Waals surface area (Å²) in [6.45, 7) is 7.15. The zero-order valence-electron chi connectivity index (χ0n) is 19.6. The van der Waals surface area contributed by atoms with E-state index in [4.69, 9.17) is 4.74 Å². The van der Waals surface area contributed by atoms with Crippen molar-refractivity contribution in [3.63, 3.8) is 0 Å². The summed E-state index contributed by atoms with van der Waals surface area (Å²) in [7, 11) is 0. The van der Waals surface area contributed by atoms with Gasteiger partial charge in [0.15, 0.2) is 0 Å². The zero-order valence-corrected chi connectivity index (χ0v) is 20.4. The van der Waals surface area contributed by atoms with Gasteiger partial charge in [-0.2, -0.15) is 0 Å². The Kier molecular flexibility index (Phi) is 7.89. The first-order valence-electron chi connectivity index (χ1n) is 11.9.